The van der Waals surface area contributed by atoms with E-state index in [2.05, 4.69) is 22.4 Å². The monoisotopic (exact) mass is 289 g/mol. The molecule has 0 saturated carbocycles. The number of amides is 1. The highest BCUT2D eigenvalue weighted by molar-refractivity contribution is 6.32. The summed E-state index contributed by atoms with van der Waals surface area (Å²) >= 11 is 6.01. The van der Waals surface area contributed by atoms with Crippen molar-refractivity contribution in [1.29, 1.82) is 0 Å². The average molecular weight is 290 g/mol. The van der Waals surface area contributed by atoms with Crippen molar-refractivity contribution in [2.45, 2.75) is 19.8 Å². The van der Waals surface area contributed by atoms with Gasteiger partial charge in [-0.15, -0.1) is 0 Å². The van der Waals surface area contributed by atoms with E-state index in [0.717, 1.165) is 24.1 Å². The standard InChI is InChI=1S/C15H16ClN3O/c1-2-5-12-10-14(19-18-12)17-15(20)9-8-11-6-3-4-7-13(11)16/h3-4,6-10H,2,5H2,1H3,(H2,17,18,19,20)/b9-8+. The summed E-state index contributed by atoms with van der Waals surface area (Å²) in [5.41, 5.74) is 1.82. The predicted octanol–water partition coefficient (Wildman–Crippen LogP) is 3.67. The first kappa shape index (κ1) is 14.3. The molecule has 0 aliphatic rings. The number of rotatable bonds is 5. The summed E-state index contributed by atoms with van der Waals surface area (Å²) in [4.78, 5) is 11.8. The molecule has 2 rings (SSSR count). The predicted molar refractivity (Wildman–Crippen MR) is 81.7 cm³/mol. The molecular weight excluding hydrogens is 274 g/mol. The summed E-state index contributed by atoms with van der Waals surface area (Å²) in [6, 6.07) is 9.18. The van der Waals surface area contributed by atoms with Gasteiger partial charge in [-0.1, -0.05) is 43.1 Å². The molecule has 104 valence electrons. The Hall–Kier alpha value is -2.07. The molecule has 0 radical (unpaired) electrons. The van der Waals surface area contributed by atoms with E-state index in [4.69, 9.17) is 11.6 Å². The van der Waals surface area contributed by atoms with Crippen LogP contribution < -0.4 is 5.32 Å². The molecule has 1 heterocycles. The second kappa shape index (κ2) is 6.91. The topological polar surface area (TPSA) is 57.8 Å². The highest BCUT2D eigenvalue weighted by Gasteiger charge is 2.03. The van der Waals surface area contributed by atoms with Crippen molar-refractivity contribution in [3.8, 4) is 0 Å². The minimum atomic E-state index is -0.237. The third-order valence-electron chi connectivity index (χ3n) is 2.72. The third-order valence-corrected chi connectivity index (χ3v) is 3.07. The van der Waals surface area contributed by atoms with Gasteiger partial charge >= 0.3 is 0 Å². The Morgan fingerprint density at radius 2 is 2.25 bits per heavy atom. The van der Waals surface area contributed by atoms with Gasteiger partial charge in [0.1, 0.15) is 0 Å². The molecule has 0 bridgehead atoms. The number of nitrogens with one attached hydrogen (secondary N) is 2. The Morgan fingerprint density at radius 1 is 1.45 bits per heavy atom. The van der Waals surface area contributed by atoms with Crippen LogP contribution in [0.3, 0.4) is 0 Å². The maximum Gasteiger partial charge on any atom is 0.249 e. The number of halogens is 1. The van der Waals surface area contributed by atoms with E-state index >= 15 is 0 Å². The fraction of sp³-hybridized carbons (Fsp3) is 0.200. The number of anilines is 1. The van der Waals surface area contributed by atoms with Crippen LogP contribution in [-0.4, -0.2) is 16.1 Å². The molecule has 0 saturated heterocycles. The van der Waals surface area contributed by atoms with E-state index in [0.29, 0.717) is 10.8 Å². The normalized spacial score (nSPS) is 10.9. The van der Waals surface area contributed by atoms with Crippen LogP contribution >= 0.6 is 11.6 Å². The molecule has 1 amide bonds. The summed E-state index contributed by atoms with van der Waals surface area (Å²) in [6.45, 7) is 2.09. The highest BCUT2D eigenvalue weighted by Crippen LogP contribution is 2.16. The van der Waals surface area contributed by atoms with Crippen LogP contribution in [0.2, 0.25) is 5.02 Å². The summed E-state index contributed by atoms with van der Waals surface area (Å²) in [7, 11) is 0. The lowest BCUT2D eigenvalue weighted by molar-refractivity contribution is -0.111. The molecule has 0 unspecified atom stereocenters. The molecule has 5 heteroatoms. The van der Waals surface area contributed by atoms with Crippen molar-refractivity contribution in [3.05, 3.63) is 52.7 Å². The molecule has 1 aromatic heterocycles. The SMILES string of the molecule is CCCc1cc(NC(=O)/C=C/c2ccccc2Cl)n[nH]1. The fourth-order valence-corrected chi connectivity index (χ4v) is 1.97. The number of carbonyl (C=O) groups excluding carboxylic acids is 1. The van der Waals surface area contributed by atoms with Crippen molar-refractivity contribution in [2.24, 2.45) is 0 Å². The third kappa shape index (κ3) is 3.96. The van der Waals surface area contributed by atoms with Gasteiger partial charge in [0.05, 0.1) is 0 Å². The molecular formula is C15H16ClN3O. The number of H-pyrrole nitrogens is 1. The minimum absolute atomic E-state index is 0.237. The molecule has 2 aromatic rings. The van der Waals surface area contributed by atoms with Gasteiger partial charge in [-0.25, -0.2) is 0 Å². The lowest BCUT2D eigenvalue weighted by Gasteiger charge is -1.97. The molecule has 20 heavy (non-hydrogen) atoms. The Morgan fingerprint density at radius 3 is 3.00 bits per heavy atom. The van der Waals surface area contributed by atoms with Crippen molar-refractivity contribution < 1.29 is 4.79 Å². The number of hydrogen-bond donors (Lipinski definition) is 2. The average Bonchev–Trinajstić information content (AvgIpc) is 2.85. The van der Waals surface area contributed by atoms with Crippen LogP contribution in [0.1, 0.15) is 24.6 Å². The maximum absolute atomic E-state index is 11.8. The molecule has 2 N–H and O–H groups in total. The Kier molecular flexibility index (Phi) is 4.96. The molecule has 0 atom stereocenters. The zero-order valence-corrected chi connectivity index (χ0v) is 11.9. The summed E-state index contributed by atoms with van der Waals surface area (Å²) in [5, 5.41) is 10.2. The van der Waals surface area contributed by atoms with E-state index in [1.807, 2.05) is 24.3 Å². The highest BCUT2D eigenvalue weighted by atomic mass is 35.5. The van der Waals surface area contributed by atoms with Crippen LogP contribution in [0.25, 0.3) is 6.08 Å². The number of hydrogen-bond acceptors (Lipinski definition) is 2. The number of aryl methyl sites for hydroxylation is 1. The number of nitrogens with zero attached hydrogens (tertiary/aromatic N) is 1. The lowest BCUT2D eigenvalue weighted by atomic mass is 10.2. The Bertz CT molecular complexity index is 619. The summed E-state index contributed by atoms with van der Waals surface area (Å²) in [6.07, 6.45) is 5.06. The quantitative estimate of drug-likeness (QED) is 0.825. The van der Waals surface area contributed by atoms with Crippen LogP contribution in [-0.2, 0) is 11.2 Å². The van der Waals surface area contributed by atoms with Gasteiger partial charge in [-0.2, -0.15) is 5.10 Å². The molecule has 1 aromatic carbocycles. The van der Waals surface area contributed by atoms with Crippen molar-refractivity contribution in [1.82, 2.24) is 10.2 Å². The zero-order valence-electron chi connectivity index (χ0n) is 11.2. The van der Waals surface area contributed by atoms with Crippen LogP contribution in [0.5, 0.6) is 0 Å². The molecule has 0 spiro atoms. The summed E-state index contributed by atoms with van der Waals surface area (Å²) in [5.74, 6) is 0.293. The van der Waals surface area contributed by atoms with Crippen LogP contribution in [0, 0.1) is 0 Å². The van der Waals surface area contributed by atoms with E-state index < -0.39 is 0 Å². The Balaban J connectivity index is 1.96. The van der Waals surface area contributed by atoms with Gasteiger partial charge in [0.25, 0.3) is 0 Å². The largest absolute Gasteiger partial charge is 0.306 e. The minimum Gasteiger partial charge on any atom is -0.306 e. The fourth-order valence-electron chi connectivity index (χ4n) is 1.77. The first-order chi connectivity index (χ1) is 9.69. The van der Waals surface area contributed by atoms with Crippen molar-refractivity contribution >= 4 is 29.4 Å². The number of carbonyl (C=O) groups is 1. The first-order valence-electron chi connectivity index (χ1n) is 6.47. The number of aromatic amines is 1. The second-order valence-electron chi connectivity index (χ2n) is 4.37. The van der Waals surface area contributed by atoms with Crippen molar-refractivity contribution in [2.75, 3.05) is 5.32 Å². The molecule has 4 nitrogen and oxygen atoms in total. The molecule has 0 aliphatic carbocycles. The summed E-state index contributed by atoms with van der Waals surface area (Å²) < 4.78 is 0. The van der Waals surface area contributed by atoms with Gasteiger partial charge in [0, 0.05) is 22.9 Å². The Labute approximate surface area is 122 Å². The smallest absolute Gasteiger partial charge is 0.249 e. The van der Waals surface area contributed by atoms with Gasteiger partial charge in [-0.3, -0.25) is 9.89 Å². The van der Waals surface area contributed by atoms with E-state index in [1.165, 1.54) is 6.08 Å². The molecule has 0 aliphatic heterocycles. The first-order valence-corrected chi connectivity index (χ1v) is 6.84. The van der Waals surface area contributed by atoms with Crippen LogP contribution in [0.15, 0.2) is 36.4 Å². The van der Waals surface area contributed by atoms with Crippen molar-refractivity contribution in [3.63, 3.8) is 0 Å². The van der Waals surface area contributed by atoms with Gasteiger partial charge < -0.3 is 5.32 Å². The number of aromatic nitrogens is 2. The van der Waals surface area contributed by atoms with Gasteiger partial charge in [0.2, 0.25) is 5.91 Å². The second-order valence-corrected chi connectivity index (χ2v) is 4.78. The van der Waals surface area contributed by atoms with E-state index in [1.54, 1.807) is 12.1 Å². The lowest BCUT2D eigenvalue weighted by Crippen LogP contribution is -2.07. The maximum atomic E-state index is 11.8. The van der Waals surface area contributed by atoms with E-state index in [-0.39, 0.29) is 5.91 Å². The van der Waals surface area contributed by atoms with Gasteiger partial charge in [0.15, 0.2) is 5.82 Å². The zero-order chi connectivity index (χ0) is 14.4. The van der Waals surface area contributed by atoms with E-state index in [9.17, 15) is 4.79 Å². The molecule has 0 fully saturated rings. The number of benzene rings is 1. The van der Waals surface area contributed by atoms with Crippen LogP contribution in [0.4, 0.5) is 5.82 Å². The van der Waals surface area contributed by atoms with Gasteiger partial charge in [-0.05, 0) is 24.1 Å².